The molecule has 1 heterocycles. The Kier molecular flexibility index (Phi) is 3.51. The van der Waals surface area contributed by atoms with E-state index < -0.39 is 0 Å². The molecule has 0 aromatic carbocycles. The maximum atomic E-state index is 5.85. The first-order valence-corrected chi connectivity index (χ1v) is 5.05. The van der Waals surface area contributed by atoms with Crippen molar-refractivity contribution in [2.75, 3.05) is 13.6 Å². The van der Waals surface area contributed by atoms with Gasteiger partial charge >= 0.3 is 0 Å². The third-order valence-corrected chi connectivity index (χ3v) is 3.20. The Morgan fingerprint density at radius 2 is 2.55 bits per heavy atom. The molecule has 2 nitrogen and oxygen atoms in total. The molecule has 62 valence electrons. The smallest absolute Gasteiger partial charge is 0.0516 e. The van der Waals surface area contributed by atoms with Crippen LogP contribution in [0.2, 0.25) is 0 Å². The molecule has 4 heteroatoms. The molecule has 3 N–H and O–H groups in total. The molecule has 0 saturated carbocycles. The van der Waals surface area contributed by atoms with E-state index in [0.29, 0.717) is 0 Å². The van der Waals surface area contributed by atoms with Gasteiger partial charge in [-0.2, -0.15) is 0 Å². The molecule has 0 bridgehead atoms. The minimum absolute atomic E-state index is 0.122. The third kappa shape index (κ3) is 2.56. The number of nitrogens with one attached hydrogen (secondary N) is 1. The molecule has 1 aromatic heterocycles. The number of hydrogen-bond acceptors (Lipinski definition) is 3. The minimum atomic E-state index is 0.122. The van der Waals surface area contributed by atoms with Crippen molar-refractivity contribution in [2.24, 2.45) is 5.73 Å². The van der Waals surface area contributed by atoms with Crippen LogP contribution in [-0.2, 0) is 0 Å². The summed E-state index contributed by atoms with van der Waals surface area (Å²) < 4.78 is 1.11. The monoisotopic (exact) mass is 234 g/mol. The number of thiophene rings is 1. The van der Waals surface area contributed by atoms with Gasteiger partial charge < -0.3 is 11.1 Å². The molecule has 0 amide bonds. The zero-order valence-corrected chi connectivity index (χ0v) is 8.71. The average molecular weight is 235 g/mol. The number of likely N-dealkylation sites (N-methyl/N-ethyl adjacent to an activating group) is 1. The molecule has 1 atom stereocenters. The van der Waals surface area contributed by atoms with E-state index in [1.807, 2.05) is 12.4 Å². The summed E-state index contributed by atoms with van der Waals surface area (Å²) in [6.07, 6.45) is 0. The summed E-state index contributed by atoms with van der Waals surface area (Å²) in [6.45, 7) is 0.826. The van der Waals surface area contributed by atoms with E-state index in [4.69, 9.17) is 5.73 Å². The fourth-order valence-corrected chi connectivity index (χ4v) is 2.29. The van der Waals surface area contributed by atoms with E-state index >= 15 is 0 Å². The summed E-state index contributed by atoms with van der Waals surface area (Å²) in [5.41, 5.74) is 5.85. The van der Waals surface area contributed by atoms with Gasteiger partial charge in [0.15, 0.2) is 0 Å². The van der Waals surface area contributed by atoms with Crippen molar-refractivity contribution in [3.63, 3.8) is 0 Å². The van der Waals surface area contributed by atoms with Gasteiger partial charge in [-0.25, -0.2) is 0 Å². The molecule has 0 aliphatic heterocycles. The number of hydrogen-bond donors (Lipinski definition) is 2. The number of nitrogens with two attached hydrogens (primary N) is 1. The summed E-state index contributed by atoms with van der Waals surface area (Å²) in [5.74, 6) is 0. The first kappa shape index (κ1) is 9.19. The van der Waals surface area contributed by atoms with Crippen molar-refractivity contribution in [1.29, 1.82) is 0 Å². The fraction of sp³-hybridized carbons (Fsp3) is 0.429. The Hall–Kier alpha value is 0.1000. The molecule has 0 aliphatic carbocycles. The van der Waals surface area contributed by atoms with Crippen molar-refractivity contribution in [2.45, 2.75) is 6.04 Å². The van der Waals surface area contributed by atoms with E-state index in [2.05, 4.69) is 27.3 Å². The molecule has 0 radical (unpaired) electrons. The van der Waals surface area contributed by atoms with Crippen molar-refractivity contribution in [3.8, 4) is 0 Å². The molecule has 1 aromatic rings. The van der Waals surface area contributed by atoms with Gasteiger partial charge in [-0.3, -0.25) is 0 Å². The zero-order valence-electron chi connectivity index (χ0n) is 6.30. The third-order valence-electron chi connectivity index (χ3n) is 1.38. The van der Waals surface area contributed by atoms with Gasteiger partial charge in [0.05, 0.1) is 6.04 Å². The van der Waals surface area contributed by atoms with Gasteiger partial charge in [-0.05, 0) is 29.0 Å². The largest absolute Gasteiger partial charge is 0.322 e. The van der Waals surface area contributed by atoms with Gasteiger partial charge in [0.1, 0.15) is 0 Å². The van der Waals surface area contributed by atoms with Crippen LogP contribution >= 0.6 is 27.3 Å². The Labute approximate surface area is 78.9 Å². The topological polar surface area (TPSA) is 38.0 Å². The Balaban J connectivity index is 2.60. The Bertz CT molecular complexity index is 224. The maximum Gasteiger partial charge on any atom is 0.0516 e. The van der Waals surface area contributed by atoms with Gasteiger partial charge in [0, 0.05) is 21.3 Å². The lowest BCUT2D eigenvalue weighted by Gasteiger charge is -2.06. The van der Waals surface area contributed by atoms with Crippen LogP contribution in [-0.4, -0.2) is 13.6 Å². The molecule has 0 spiro atoms. The molecular formula is C7H11BrN2S. The van der Waals surface area contributed by atoms with E-state index in [-0.39, 0.29) is 6.04 Å². The van der Waals surface area contributed by atoms with Crippen molar-refractivity contribution in [3.05, 3.63) is 20.8 Å². The SMILES string of the molecule is CNCC(N)c1cc(Br)cs1. The van der Waals surface area contributed by atoms with Gasteiger partial charge in [0.25, 0.3) is 0 Å². The van der Waals surface area contributed by atoms with Crippen molar-refractivity contribution >= 4 is 27.3 Å². The van der Waals surface area contributed by atoms with Gasteiger partial charge in [0.2, 0.25) is 0 Å². The fourth-order valence-electron chi connectivity index (χ4n) is 0.843. The van der Waals surface area contributed by atoms with Crippen LogP contribution in [0.15, 0.2) is 15.9 Å². The standard InChI is InChI=1S/C7H11BrN2S/c1-10-3-6(9)7-2-5(8)4-11-7/h2,4,6,10H,3,9H2,1H3. The molecule has 0 aliphatic rings. The highest BCUT2D eigenvalue weighted by Gasteiger charge is 2.06. The summed E-state index contributed by atoms with van der Waals surface area (Å²) in [5, 5.41) is 5.09. The Morgan fingerprint density at radius 1 is 1.82 bits per heavy atom. The first-order valence-electron chi connectivity index (χ1n) is 3.38. The number of halogens is 1. The second kappa shape index (κ2) is 4.21. The molecule has 11 heavy (non-hydrogen) atoms. The van der Waals surface area contributed by atoms with Crippen molar-refractivity contribution in [1.82, 2.24) is 5.32 Å². The quantitative estimate of drug-likeness (QED) is 0.837. The van der Waals surface area contributed by atoms with E-state index in [9.17, 15) is 0 Å². The lowest BCUT2D eigenvalue weighted by atomic mass is 10.2. The highest BCUT2D eigenvalue weighted by Crippen LogP contribution is 2.23. The summed E-state index contributed by atoms with van der Waals surface area (Å²) >= 11 is 5.07. The summed E-state index contributed by atoms with van der Waals surface area (Å²) in [4.78, 5) is 1.21. The predicted octanol–water partition coefficient (Wildman–Crippen LogP) is 1.73. The second-order valence-corrected chi connectivity index (χ2v) is 4.19. The van der Waals surface area contributed by atoms with Crippen LogP contribution in [0.25, 0.3) is 0 Å². The van der Waals surface area contributed by atoms with Crippen LogP contribution < -0.4 is 11.1 Å². The highest BCUT2D eigenvalue weighted by molar-refractivity contribution is 9.10. The first-order chi connectivity index (χ1) is 5.24. The van der Waals surface area contributed by atoms with E-state index in [0.717, 1.165) is 11.0 Å². The van der Waals surface area contributed by atoms with Crippen LogP contribution in [0.3, 0.4) is 0 Å². The normalized spacial score (nSPS) is 13.4. The van der Waals surface area contributed by atoms with E-state index in [1.165, 1.54) is 4.88 Å². The molecule has 0 saturated heterocycles. The molecule has 1 unspecified atom stereocenters. The lowest BCUT2D eigenvalue weighted by molar-refractivity contribution is 0.662. The number of rotatable bonds is 3. The molecule has 1 rings (SSSR count). The maximum absolute atomic E-state index is 5.85. The predicted molar refractivity (Wildman–Crippen MR) is 52.9 cm³/mol. The second-order valence-electron chi connectivity index (χ2n) is 2.33. The van der Waals surface area contributed by atoms with Gasteiger partial charge in [-0.1, -0.05) is 0 Å². The van der Waals surface area contributed by atoms with E-state index in [1.54, 1.807) is 11.3 Å². The minimum Gasteiger partial charge on any atom is -0.322 e. The van der Waals surface area contributed by atoms with Crippen LogP contribution in [0.4, 0.5) is 0 Å². The summed E-state index contributed by atoms with van der Waals surface area (Å²) in [7, 11) is 1.91. The van der Waals surface area contributed by atoms with Gasteiger partial charge in [-0.15, -0.1) is 11.3 Å². The van der Waals surface area contributed by atoms with Crippen LogP contribution in [0, 0.1) is 0 Å². The Morgan fingerprint density at radius 3 is 3.00 bits per heavy atom. The molecular weight excluding hydrogens is 224 g/mol. The van der Waals surface area contributed by atoms with Crippen LogP contribution in [0.5, 0.6) is 0 Å². The highest BCUT2D eigenvalue weighted by atomic mass is 79.9. The summed E-state index contributed by atoms with van der Waals surface area (Å²) in [6, 6.07) is 2.18. The van der Waals surface area contributed by atoms with Crippen molar-refractivity contribution < 1.29 is 0 Å². The average Bonchev–Trinajstić information content (AvgIpc) is 2.36. The van der Waals surface area contributed by atoms with Crippen LogP contribution in [0.1, 0.15) is 10.9 Å². The lowest BCUT2D eigenvalue weighted by Crippen LogP contribution is -2.22. The molecule has 0 fully saturated rings. The zero-order chi connectivity index (χ0) is 8.27.